The summed E-state index contributed by atoms with van der Waals surface area (Å²) in [6.07, 6.45) is 8.26. The van der Waals surface area contributed by atoms with E-state index < -0.39 is 17.5 Å². The van der Waals surface area contributed by atoms with Gasteiger partial charge in [-0.2, -0.15) is 9.94 Å². The normalized spacial score (nSPS) is 23.1. The highest BCUT2D eigenvalue weighted by molar-refractivity contribution is 6.31. The molecule has 1 aliphatic carbocycles. The molecular weight excluding hydrogens is 908 g/mol. The Morgan fingerprint density at radius 3 is 2.29 bits per heavy atom. The van der Waals surface area contributed by atoms with Gasteiger partial charge in [0.1, 0.15) is 35.2 Å². The lowest BCUT2D eigenvalue weighted by Crippen LogP contribution is -2.74. The van der Waals surface area contributed by atoms with E-state index in [2.05, 4.69) is 86.2 Å². The van der Waals surface area contributed by atoms with Gasteiger partial charge in [-0.25, -0.2) is 4.98 Å². The molecule has 16 nitrogen and oxygen atoms in total. The van der Waals surface area contributed by atoms with Crippen molar-refractivity contribution < 1.29 is 23.9 Å². The van der Waals surface area contributed by atoms with Gasteiger partial charge in [-0.1, -0.05) is 50.4 Å². The highest BCUT2D eigenvalue weighted by Gasteiger charge is 2.64. The van der Waals surface area contributed by atoms with Gasteiger partial charge in [-0.05, 0) is 118 Å². The minimum atomic E-state index is -0.878. The molecule has 5 fully saturated rings. The third kappa shape index (κ3) is 10.1. The van der Waals surface area contributed by atoms with Gasteiger partial charge in [0.25, 0.3) is 17.4 Å². The lowest BCUT2D eigenvalue weighted by molar-refractivity contribution is -0.164. The number of hydrogen-bond acceptors (Lipinski definition) is 12. The lowest BCUT2D eigenvalue weighted by atomic mass is 9.49. The zero-order chi connectivity index (χ0) is 49.3. The number of benzene rings is 2. The SMILES string of the molecule is CC1(C)C(NC(=O)c2ccc(C#CCC3CCN(CC4CCN(C(=O)C5CCN(c6ccc7nnn(C8CCC(=O)NC8=O)c(=O)c7c6)CC5)CC4)CC3)nc2)C(C)(C)C1Oc1ccc(C#N)c(Cl)c1. The number of halogens is 1. The van der Waals surface area contributed by atoms with Crippen molar-refractivity contribution in [3.05, 3.63) is 86.9 Å². The number of aromatic nitrogens is 4. The molecule has 1 saturated carbocycles. The molecule has 4 saturated heterocycles. The number of piperidine rings is 4. The number of carbonyl (C=O) groups is 4. The first-order chi connectivity index (χ1) is 33.6. The van der Waals surface area contributed by atoms with Crippen LogP contribution in [0.3, 0.4) is 0 Å². The molecule has 0 spiro atoms. The van der Waals surface area contributed by atoms with E-state index >= 15 is 0 Å². The van der Waals surface area contributed by atoms with E-state index in [1.165, 1.54) is 0 Å². The van der Waals surface area contributed by atoms with Gasteiger partial charge in [0.15, 0.2) is 0 Å². The smallest absolute Gasteiger partial charge is 0.278 e. The number of anilines is 1. The summed E-state index contributed by atoms with van der Waals surface area (Å²) >= 11 is 6.25. The quantitative estimate of drug-likeness (QED) is 0.141. The van der Waals surface area contributed by atoms with Gasteiger partial charge in [-0.15, -0.1) is 5.10 Å². The molecule has 366 valence electrons. The average molecular weight is 970 g/mol. The fourth-order valence-electron chi connectivity index (χ4n) is 11.8. The molecule has 0 radical (unpaired) electrons. The van der Waals surface area contributed by atoms with Gasteiger partial charge in [0, 0.05) is 86.3 Å². The number of rotatable bonds is 10. The number of hydrogen-bond donors (Lipinski definition) is 2. The van der Waals surface area contributed by atoms with Crippen LogP contribution in [0.2, 0.25) is 5.02 Å². The minimum Gasteiger partial charge on any atom is -0.489 e. The predicted octanol–water partition coefficient (Wildman–Crippen LogP) is 5.91. The van der Waals surface area contributed by atoms with Crippen molar-refractivity contribution in [2.75, 3.05) is 50.7 Å². The van der Waals surface area contributed by atoms with Crippen molar-refractivity contribution in [2.24, 2.45) is 28.6 Å². The number of fused-ring (bicyclic) bond motifs is 1. The highest BCUT2D eigenvalue weighted by atomic mass is 35.5. The van der Waals surface area contributed by atoms with Crippen LogP contribution in [0.4, 0.5) is 5.69 Å². The first-order valence-corrected chi connectivity index (χ1v) is 25.1. The summed E-state index contributed by atoms with van der Waals surface area (Å²) in [7, 11) is 0. The molecule has 5 aliphatic rings. The van der Waals surface area contributed by atoms with Crippen molar-refractivity contribution in [3.8, 4) is 23.7 Å². The second-order valence-corrected chi connectivity index (χ2v) is 21.4. The van der Waals surface area contributed by atoms with Crippen molar-refractivity contribution in [1.29, 1.82) is 5.26 Å². The van der Waals surface area contributed by atoms with E-state index in [0.717, 1.165) is 88.0 Å². The lowest BCUT2D eigenvalue weighted by Gasteiger charge is -2.63. The van der Waals surface area contributed by atoms with E-state index in [1.807, 2.05) is 12.1 Å². The number of amides is 4. The summed E-state index contributed by atoms with van der Waals surface area (Å²) in [6, 6.07) is 15.2. The maximum absolute atomic E-state index is 13.7. The van der Waals surface area contributed by atoms with Crippen molar-refractivity contribution in [1.82, 2.24) is 40.4 Å². The summed E-state index contributed by atoms with van der Waals surface area (Å²) < 4.78 is 7.45. The van der Waals surface area contributed by atoms with Crippen LogP contribution in [0.5, 0.6) is 5.75 Å². The highest BCUT2D eigenvalue weighted by Crippen LogP contribution is 2.55. The topological polar surface area (TPSA) is 196 Å². The Bertz CT molecular complexity index is 2810. The molecule has 4 amide bonds. The van der Waals surface area contributed by atoms with E-state index in [9.17, 15) is 29.2 Å². The number of nitrogens with one attached hydrogen (secondary N) is 2. The zero-order valence-electron chi connectivity index (χ0n) is 40.4. The number of carbonyl (C=O) groups excluding carboxylic acids is 4. The number of likely N-dealkylation sites (tertiary alicyclic amines) is 2. The van der Waals surface area contributed by atoms with Crippen LogP contribution in [-0.4, -0.2) is 111 Å². The van der Waals surface area contributed by atoms with E-state index in [1.54, 1.807) is 42.6 Å². The van der Waals surface area contributed by atoms with Crippen LogP contribution in [0.1, 0.15) is 113 Å². The Balaban J connectivity index is 0.673. The van der Waals surface area contributed by atoms with Crippen LogP contribution < -0.4 is 25.8 Å². The number of ether oxygens (including phenoxy) is 1. The van der Waals surface area contributed by atoms with E-state index in [0.29, 0.717) is 63.4 Å². The molecule has 4 aliphatic heterocycles. The monoisotopic (exact) mass is 968 g/mol. The van der Waals surface area contributed by atoms with Crippen molar-refractivity contribution in [3.63, 3.8) is 0 Å². The van der Waals surface area contributed by atoms with E-state index in [-0.39, 0.29) is 59.5 Å². The van der Waals surface area contributed by atoms with Crippen LogP contribution in [0, 0.1) is 51.8 Å². The maximum Gasteiger partial charge on any atom is 0.278 e. The Hall–Kier alpha value is -6.36. The van der Waals surface area contributed by atoms with Crippen molar-refractivity contribution >= 4 is 51.8 Å². The molecule has 17 heteroatoms. The Morgan fingerprint density at radius 1 is 0.886 bits per heavy atom. The molecule has 1 unspecified atom stereocenters. The second kappa shape index (κ2) is 20.2. The van der Waals surface area contributed by atoms with Gasteiger partial charge in [-0.3, -0.25) is 29.3 Å². The molecular formula is C53H61ClN10O6. The minimum absolute atomic E-state index is 0.0226. The van der Waals surface area contributed by atoms with Crippen LogP contribution in [0.15, 0.2) is 59.5 Å². The molecule has 4 aromatic rings. The zero-order valence-corrected chi connectivity index (χ0v) is 41.1. The van der Waals surface area contributed by atoms with Crippen LogP contribution in [0.25, 0.3) is 10.9 Å². The van der Waals surface area contributed by atoms with Gasteiger partial charge < -0.3 is 24.8 Å². The van der Waals surface area contributed by atoms with Gasteiger partial charge in [0.05, 0.1) is 21.5 Å². The third-order valence-electron chi connectivity index (χ3n) is 15.6. The molecule has 0 bridgehead atoms. The van der Waals surface area contributed by atoms with Crippen molar-refractivity contribution in [2.45, 2.75) is 104 Å². The predicted molar refractivity (Wildman–Crippen MR) is 264 cm³/mol. The summed E-state index contributed by atoms with van der Waals surface area (Å²) in [5, 5.41) is 23.6. The van der Waals surface area contributed by atoms with Gasteiger partial charge in [0.2, 0.25) is 11.8 Å². The number of nitrogens with zero attached hydrogens (tertiary/aromatic N) is 8. The summed E-state index contributed by atoms with van der Waals surface area (Å²) in [5.41, 5.74) is 1.66. The average Bonchev–Trinajstić information content (AvgIpc) is 3.36. The fourth-order valence-corrected chi connectivity index (χ4v) is 12.0. The van der Waals surface area contributed by atoms with Gasteiger partial charge >= 0.3 is 0 Å². The van der Waals surface area contributed by atoms with Crippen LogP contribution >= 0.6 is 11.6 Å². The number of pyridine rings is 1. The summed E-state index contributed by atoms with van der Waals surface area (Å²) in [6.45, 7) is 14.5. The number of imide groups is 1. The van der Waals surface area contributed by atoms with E-state index in [4.69, 9.17) is 16.3 Å². The molecule has 2 aromatic heterocycles. The molecule has 1 atom stereocenters. The Morgan fingerprint density at radius 2 is 1.61 bits per heavy atom. The molecule has 2 N–H and O–H groups in total. The number of nitriles is 1. The molecule has 6 heterocycles. The first kappa shape index (κ1) is 48.7. The third-order valence-corrected chi connectivity index (χ3v) is 15.9. The molecule has 70 heavy (non-hydrogen) atoms. The Kier molecular flexibility index (Phi) is 14.0. The van der Waals surface area contributed by atoms with Crippen LogP contribution in [-0.2, 0) is 14.4 Å². The fraction of sp³-hybridized carbons (Fsp3) is 0.528. The summed E-state index contributed by atoms with van der Waals surface area (Å²) in [5.74, 6) is 7.40. The second-order valence-electron chi connectivity index (χ2n) is 21.0. The largest absolute Gasteiger partial charge is 0.489 e. The summed E-state index contributed by atoms with van der Waals surface area (Å²) in [4.78, 5) is 76.0. The maximum atomic E-state index is 13.7. The standard InChI is InChI=1S/C53H61ClN10O6/c1-52(2)50(53(3,4)51(52)70-40-12-9-36(30-55)42(54)29-40)58-46(66)37-8-10-38(56-31-37)7-5-6-33-16-22-61(23-17-33)32-34-18-24-63(25-19-34)48(68)35-20-26-62(27-21-35)39-11-13-43-41(28-39)49(69)64(60-59-43)44-14-15-45(65)57-47(44)67/h8-13,28-29,31,33-35,44,50-51H,6,14-27,32H2,1-4H3,(H,58,66)(H,57,65,67). The molecule has 2 aromatic carbocycles. The molecule has 9 rings (SSSR count). The first-order valence-electron chi connectivity index (χ1n) is 24.7. The Labute approximate surface area is 413 Å².